The van der Waals surface area contributed by atoms with Crippen LogP contribution < -0.4 is 10.6 Å². The van der Waals surface area contributed by atoms with Crippen molar-refractivity contribution < 1.29 is 4.79 Å². The van der Waals surface area contributed by atoms with Gasteiger partial charge in [0.25, 0.3) is 0 Å². The van der Waals surface area contributed by atoms with Gasteiger partial charge in [-0.05, 0) is 35.9 Å². The fourth-order valence-electron chi connectivity index (χ4n) is 2.46. The number of carbonyl (C=O) groups is 1. The first-order chi connectivity index (χ1) is 10.8. The van der Waals surface area contributed by atoms with Crippen LogP contribution in [-0.2, 0) is 17.9 Å². The third kappa shape index (κ3) is 4.35. The average Bonchev–Trinajstić information content (AvgIpc) is 3.18. The molecule has 2 heterocycles. The van der Waals surface area contributed by atoms with E-state index in [0.29, 0.717) is 6.04 Å². The number of anilines is 1. The molecule has 1 atom stereocenters. The maximum absolute atomic E-state index is 12.0. The van der Waals surface area contributed by atoms with Crippen molar-refractivity contribution in [3.8, 4) is 0 Å². The second-order valence-electron chi connectivity index (χ2n) is 5.39. The van der Waals surface area contributed by atoms with Crippen LogP contribution in [0.1, 0.15) is 12.0 Å². The summed E-state index contributed by atoms with van der Waals surface area (Å²) >= 11 is 2.00. The maximum Gasteiger partial charge on any atom is 0.246 e. The van der Waals surface area contributed by atoms with Crippen molar-refractivity contribution in [2.24, 2.45) is 0 Å². The zero-order valence-corrected chi connectivity index (χ0v) is 13.2. The van der Waals surface area contributed by atoms with Gasteiger partial charge in [-0.2, -0.15) is 16.9 Å². The highest BCUT2D eigenvalue weighted by Crippen LogP contribution is 2.18. The monoisotopic (exact) mass is 316 g/mol. The summed E-state index contributed by atoms with van der Waals surface area (Å²) in [6.45, 7) is 1.07. The minimum Gasteiger partial charge on any atom is -0.324 e. The molecule has 0 saturated carbocycles. The quantitative estimate of drug-likeness (QED) is 0.857. The summed E-state index contributed by atoms with van der Waals surface area (Å²) in [6.07, 6.45) is 4.69. The van der Waals surface area contributed by atoms with E-state index in [9.17, 15) is 4.79 Å². The van der Waals surface area contributed by atoms with Crippen LogP contribution in [-0.4, -0.2) is 33.2 Å². The molecule has 2 aromatic rings. The van der Waals surface area contributed by atoms with Gasteiger partial charge in [0.2, 0.25) is 5.91 Å². The molecule has 5 nitrogen and oxygen atoms in total. The number of aromatic nitrogens is 2. The lowest BCUT2D eigenvalue weighted by molar-refractivity contribution is -0.116. The Morgan fingerprint density at radius 2 is 2.36 bits per heavy atom. The third-order valence-electron chi connectivity index (χ3n) is 3.60. The molecule has 1 aromatic heterocycles. The van der Waals surface area contributed by atoms with Crippen LogP contribution >= 0.6 is 11.8 Å². The van der Waals surface area contributed by atoms with E-state index in [4.69, 9.17) is 0 Å². The number of amides is 1. The van der Waals surface area contributed by atoms with Gasteiger partial charge in [0.05, 0.1) is 0 Å². The molecule has 0 radical (unpaired) electrons. The van der Waals surface area contributed by atoms with Crippen molar-refractivity contribution in [2.45, 2.75) is 25.6 Å². The van der Waals surface area contributed by atoms with Gasteiger partial charge in [0, 0.05) is 36.4 Å². The van der Waals surface area contributed by atoms with E-state index in [1.54, 1.807) is 23.1 Å². The standard InChI is InChI=1S/C16H20N4OS/c21-16(11-20-7-2-6-18-20)19-14-4-1-3-13(9-14)10-17-15-5-8-22-12-15/h1-4,6-7,9,15,17H,5,8,10-12H2,(H,19,21)/t15-/m0/s1. The Labute approximate surface area is 134 Å². The van der Waals surface area contributed by atoms with E-state index in [1.165, 1.54) is 23.5 Å². The lowest BCUT2D eigenvalue weighted by Crippen LogP contribution is -2.28. The van der Waals surface area contributed by atoms with Gasteiger partial charge >= 0.3 is 0 Å². The van der Waals surface area contributed by atoms with Gasteiger partial charge < -0.3 is 10.6 Å². The Hall–Kier alpha value is -1.79. The molecule has 116 valence electrons. The molecule has 2 N–H and O–H groups in total. The van der Waals surface area contributed by atoms with E-state index in [0.717, 1.165) is 12.2 Å². The van der Waals surface area contributed by atoms with E-state index in [1.807, 2.05) is 30.0 Å². The number of benzene rings is 1. The van der Waals surface area contributed by atoms with Crippen molar-refractivity contribution in [2.75, 3.05) is 16.8 Å². The normalized spacial score (nSPS) is 17.5. The van der Waals surface area contributed by atoms with Crippen molar-refractivity contribution >= 4 is 23.4 Å². The van der Waals surface area contributed by atoms with Gasteiger partial charge in [0.15, 0.2) is 0 Å². The summed E-state index contributed by atoms with van der Waals surface area (Å²) in [5.41, 5.74) is 2.02. The van der Waals surface area contributed by atoms with Gasteiger partial charge in [-0.25, -0.2) is 0 Å². The summed E-state index contributed by atoms with van der Waals surface area (Å²) in [6, 6.07) is 10.4. The van der Waals surface area contributed by atoms with E-state index >= 15 is 0 Å². The molecule has 3 rings (SSSR count). The Bertz CT molecular complexity index is 608. The maximum atomic E-state index is 12.0. The zero-order valence-electron chi connectivity index (χ0n) is 12.4. The molecule has 22 heavy (non-hydrogen) atoms. The molecule has 1 aromatic carbocycles. The van der Waals surface area contributed by atoms with Crippen molar-refractivity contribution in [1.82, 2.24) is 15.1 Å². The fourth-order valence-corrected chi connectivity index (χ4v) is 3.65. The minimum absolute atomic E-state index is 0.0685. The minimum atomic E-state index is -0.0685. The largest absolute Gasteiger partial charge is 0.324 e. The molecule has 6 heteroatoms. The Balaban J connectivity index is 1.52. The molecule has 1 saturated heterocycles. The number of hydrogen-bond donors (Lipinski definition) is 2. The van der Waals surface area contributed by atoms with Crippen LogP contribution in [0, 0.1) is 0 Å². The molecule has 0 bridgehead atoms. The van der Waals surface area contributed by atoms with Crippen LogP contribution in [0.25, 0.3) is 0 Å². The zero-order chi connectivity index (χ0) is 15.2. The van der Waals surface area contributed by atoms with Gasteiger partial charge in [-0.15, -0.1) is 0 Å². The summed E-state index contributed by atoms with van der Waals surface area (Å²) in [7, 11) is 0. The van der Waals surface area contributed by atoms with Gasteiger partial charge in [-0.1, -0.05) is 12.1 Å². The number of thioether (sulfide) groups is 1. The second kappa shape index (κ2) is 7.47. The van der Waals surface area contributed by atoms with E-state index in [-0.39, 0.29) is 12.5 Å². The van der Waals surface area contributed by atoms with Crippen LogP contribution in [0.5, 0.6) is 0 Å². The molecule has 0 aliphatic carbocycles. The van der Waals surface area contributed by atoms with Crippen LogP contribution in [0.4, 0.5) is 5.69 Å². The lowest BCUT2D eigenvalue weighted by atomic mass is 10.1. The number of nitrogens with one attached hydrogen (secondary N) is 2. The van der Waals surface area contributed by atoms with Crippen LogP contribution in [0.2, 0.25) is 0 Å². The van der Waals surface area contributed by atoms with Crippen LogP contribution in [0.3, 0.4) is 0 Å². The third-order valence-corrected chi connectivity index (χ3v) is 4.76. The Kier molecular flexibility index (Phi) is 5.13. The SMILES string of the molecule is O=C(Cn1cccn1)Nc1cccc(CN[C@H]2CCSC2)c1. The molecule has 1 amide bonds. The predicted octanol–water partition coefficient (Wildman–Crippen LogP) is 2.12. The highest BCUT2D eigenvalue weighted by molar-refractivity contribution is 7.99. The molecule has 1 aliphatic rings. The molecular weight excluding hydrogens is 296 g/mol. The topological polar surface area (TPSA) is 59.0 Å². The first-order valence-electron chi connectivity index (χ1n) is 7.47. The highest BCUT2D eigenvalue weighted by Gasteiger charge is 2.14. The van der Waals surface area contributed by atoms with Gasteiger partial charge in [0.1, 0.15) is 6.54 Å². The van der Waals surface area contributed by atoms with E-state index < -0.39 is 0 Å². The van der Waals surface area contributed by atoms with E-state index in [2.05, 4.69) is 21.8 Å². The average molecular weight is 316 g/mol. The second-order valence-corrected chi connectivity index (χ2v) is 6.54. The lowest BCUT2D eigenvalue weighted by Gasteiger charge is -2.12. The Morgan fingerprint density at radius 1 is 1.41 bits per heavy atom. The first kappa shape index (κ1) is 15.1. The predicted molar refractivity (Wildman–Crippen MR) is 89.9 cm³/mol. The summed E-state index contributed by atoms with van der Waals surface area (Å²) in [5, 5.41) is 10.5. The van der Waals surface area contributed by atoms with Gasteiger partial charge in [-0.3, -0.25) is 9.48 Å². The smallest absolute Gasteiger partial charge is 0.246 e. The van der Waals surface area contributed by atoms with Crippen molar-refractivity contribution in [1.29, 1.82) is 0 Å². The first-order valence-corrected chi connectivity index (χ1v) is 8.62. The molecule has 0 spiro atoms. The molecule has 1 fully saturated rings. The Morgan fingerprint density at radius 3 is 3.14 bits per heavy atom. The molecule has 1 aliphatic heterocycles. The summed E-state index contributed by atoms with van der Waals surface area (Å²) < 4.78 is 1.61. The number of hydrogen-bond acceptors (Lipinski definition) is 4. The van der Waals surface area contributed by atoms with Crippen molar-refractivity contribution in [3.63, 3.8) is 0 Å². The highest BCUT2D eigenvalue weighted by atomic mass is 32.2. The number of rotatable bonds is 6. The molecule has 0 unspecified atom stereocenters. The summed E-state index contributed by atoms with van der Waals surface area (Å²) in [5.74, 6) is 2.38. The molecular formula is C16H20N4OS. The summed E-state index contributed by atoms with van der Waals surface area (Å²) in [4.78, 5) is 12.0. The number of carbonyl (C=O) groups excluding carboxylic acids is 1. The van der Waals surface area contributed by atoms with Crippen molar-refractivity contribution in [3.05, 3.63) is 48.3 Å². The number of nitrogens with zero attached hydrogens (tertiary/aromatic N) is 2. The van der Waals surface area contributed by atoms with Crippen LogP contribution in [0.15, 0.2) is 42.7 Å². The fraction of sp³-hybridized carbons (Fsp3) is 0.375.